The van der Waals surface area contributed by atoms with Crippen LogP contribution in [0.2, 0.25) is 0 Å². The predicted octanol–water partition coefficient (Wildman–Crippen LogP) is 2.47. The summed E-state index contributed by atoms with van der Waals surface area (Å²) in [6, 6.07) is 9.23. The molecule has 2 unspecified atom stereocenters. The van der Waals surface area contributed by atoms with Crippen molar-refractivity contribution in [1.82, 2.24) is 19.8 Å². The molecule has 0 aliphatic carbocycles. The Kier molecular flexibility index (Phi) is 8.90. The van der Waals surface area contributed by atoms with Gasteiger partial charge in [0.1, 0.15) is 0 Å². The molecule has 3 heterocycles. The Morgan fingerprint density at radius 3 is 2.77 bits per heavy atom. The normalized spacial score (nSPS) is 17.8. The van der Waals surface area contributed by atoms with Crippen molar-refractivity contribution in [1.29, 1.82) is 0 Å². The summed E-state index contributed by atoms with van der Waals surface area (Å²) < 4.78 is 61.9. The number of ether oxygens (including phenoxy) is 1. The Morgan fingerprint density at radius 2 is 2.08 bits per heavy atom. The first-order valence-electron chi connectivity index (χ1n) is 12.1. The maximum absolute atomic E-state index is 14.6. The zero-order valence-electron chi connectivity index (χ0n) is 21.5. The van der Waals surface area contributed by atoms with Crippen molar-refractivity contribution in [2.24, 2.45) is 0 Å². The van der Waals surface area contributed by atoms with Crippen LogP contribution < -0.4 is 25.1 Å². The molecule has 13 heteroatoms. The number of anilines is 2. The van der Waals surface area contributed by atoms with Crippen LogP contribution in [0, 0.1) is 11.8 Å². The van der Waals surface area contributed by atoms with Crippen LogP contribution in [0.4, 0.5) is 29.1 Å². The summed E-state index contributed by atoms with van der Waals surface area (Å²) in [5, 5.41) is 8.70. The Hall–Kier alpha value is -3.46. The van der Waals surface area contributed by atoms with Crippen molar-refractivity contribution in [2.75, 3.05) is 51.5 Å². The fourth-order valence-corrected chi connectivity index (χ4v) is 5.68. The first-order valence-corrected chi connectivity index (χ1v) is 13.8. The summed E-state index contributed by atoms with van der Waals surface area (Å²) in [5.41, 5.74) is 1.29. The molecule has 2 atom stereocenters. The van der Waals surface area contributed by atoms with Gasteiger partial charge >= 0.3 is 223 Å². The molecule has 3 aromatic rings. The second-order valence-corrected chi connectivity index (χ2v) is 11.2. The van der Waals surface area contributed by atoms with Crippen molar-refractivity contribution < 1.29 is 27.1 Å². The molecule has 1 amide bonds. The fraction of sp³-hybridized carbons (Fsp3) is 0.385. The van der Waals surface area contributed by atoms with Gasteiger partial charge in [-0.1, -0.05) is 0 Å². The molecule has 4 rings (SSSR count). The predicted molar refractivity (Wildman–Crippen MR) is 143 cm³/mol. The quantitative estimate of drug-likeness (QED) is 0.217. The minimum absolute atomic E-state index is 0.0128. The number of rotatable bonds is 7. The number of pyridine rings is 1. The Morgan fingerprint density at radius 1 is 1.28 bits per heavy atom. The van der Waals surface area contributed by atoms with Gasteiger partial charge < -0.3 is 0 Å². The van der Waals surface area contributed by atoms with Crippen LogP contribution >= 0.6 is 0 Å². The van der Waals surface area contributed by atoms with Crippen molar-refractivity contribution >= 4 is 42.3 Å². The van der Waals surface area contributed by atoms with E-state index < -0.39 is 32.2 Å². The van der Waals surface area contributed by atoms with Gasteiger partial charge in [-0.25, -0.2) is 0 Å². The van der Waals surface area contributed by atoms with Crippen LogP contribution in [0.25, 0.3) is 5.52 Å². The van der Waals surface area contributed by atoms with Gasteiger partial charge in [0.2, 0.25) is 0 Å². The molecule has 1 saturated heterocycles. The summed E-state index contributed by atoms with van der Waals surface area (Å²) in [5.74, 6) is 6.18. The number of hydrogen-bond acceptors (Lipinski definition) is 6. The summed E-state index contributed by atoms with van der Waals surface area (Å²) in [6.07, 6.45) is -0.568. The number of hydrogen-bond donors (Lipinski definition) is 3. The molecule has 1 aromatic carbocycles. The third kappa shape index (κ3) is 6.95. The molecular weight excluding hydrogens is 583 g/mol. The number of alkyl halides is 4. The molecule has 0 radical (unpaired) electrons. The molecule has 3 N–H and O–H groups in total. The number of amides is 1. The second kappa shape index (κ2) is 12.2. The minimum atomic E-state index is -4.41. The van der Waals surface area contributed by atoms with Crippen molar-refractivity contribution in [3.05, 3.63) is 47.7 Å². The van der Waals surface area contributed by atoms with Gasteiger partial charge in [-0.15, -0.1) is 0 Å². The number of likely N-dealkylation sites (tertiary alicyclic amines) is 1. The molecule has 1 aliphatic rings. The molecule has 8 nitrogen and oxygen atoms in total. The van der Waals surface area contributed by atoms with E-state index in [1.54, 1.807) is 36.4 Å². The number of methoxy groups -OCH3 is 1. The van der Waals surface area contributed by atoms with Gasteiger partial charge in [-0.05, 0) is 0 Å². The van der Waals surface area contributed by atoms with Crippen molar-refractivity contribution in [3.63, 3.8) is 0 Å². The van der Waals surface area contributed by atoms with Crippen LogP contribution in [-0.4, -0.2) is 93.5 Å². The standard InChI is InChI=1S/C26H28F4N6O2Se/c1-31-25(37)16-9-10-19(22(14-16)38-3)32-12-5-6-20-24(39-26(28,29)30)21-7-4-8-23(36(21)34-20)33-18-11-13-35(2)15-17(18)27/h4,7-10,14,17-18,32-33H,11-13,15H2,1-3H3,(H,31,37). The number of carbonyl (C=O) groups excluding carboxylic acids is 1. The number of halogens is 4. The summed E-state index contributed by atoms with van der Waals surface area (Å²) in [7, 11) is 4.83. The number of nitrogens with zero attached hydrogens (tertiary/aromatic N) is 3. The number of fused-ring (bicyclic) bond motifs is 1. The van der Waals surface area contributed by atoms with Gasteiger partial charge in [0.05, 0.1) is 0 Å². The first-order chi connectivity index (χ1) is 18.6. The Bertz CT molecular complexity index is 1400. The first kappa shape index (κ1) is 28.5. The van der Waals surface area contributed by atoms with E-state index in [2.05, 4.69) is 32.9 Å². The molecule has 0 bridgehead atoms. The SMILES string of the molecule is CNC(=O)c1ccc(NCC#Cc2nn3c(NC4CCN(C)CC4F)cccc3c2[Se]C(F)(F)F)c(OC)c1. The molecule has 0 saturated carbocycles. The number of carbonyl (C=O) groups is 1. The Labute approximate surface area is 229 Å². The van der Waals surface area contributed by atoms with E-state index in [0.717, 1.165) is 0 Å². The van der Waals surface area contributed by atoms with E-state index in [-0.39, 0.29) is 34.7 Å². The van der Waals surface area contributed by atoms with Gasteiger partial charge in [0.15, 0.2) is 0 Å². The van der Waals surface area contributed by atoms with Gasteiger partial charge in [-0.3, -0.25) is 0 Å². The summed E-state index contributed by atoms with van der Waals surface area (Å²) in [4.78, 5) is 13.8. The van der Waals surface area contributed by atoms with E-state index in [1.165, 1.54) is 18.7 Å². The van der Waals surface area contributed by atoms with Gasteiger partial charge in [0.25, 0.3) is 0 Å². The van der Waals surface area contributed by atoms with Crippen LogP contribution in [0.3, 0.4) is 0 Å². The van der Waals surface area contributed by atoms with Gasteiger partial charge in [0, 0.05) is 7.05 Å². The molecule has 1 fully saturated rings. The van der Waals surface area contributed by atoms with Crippen LogP contribution in [-0.2, 0) is 0 Å². The zero-order valence-corrected chi connectivity index (χ0v) is 23.2. The topological polar surface area (TPSA) is 82.9 Å². The van der Waals surface area contributed by atoms with Crippen molar-refractivity contribution in [2.45, 2.75) is 23.7 Å². The second-order valence-electron chi connectivity index (χ2n) is 8.90. The molecule has 1 aliphatic heterocycles. The molecule has 2 aromatic heterocycles. The average molecular weight is 612 g/mol. The summed E-state index contributed by atoms with van der Waals surface area (Å²) in [6.45, 7) is 1.07. The Balaban J connectivity index is 1.59. The third-order valence-electron chi connectivity index (χ3n) is 6.17. The maximum atomic E-state index is 14.6. The number of aromatic nitrogens is 2. The van der Waals surface area contributed by atoms with E-state index >= 15 is 0 Å². The van der Waals surface area contributed by atoms with Gasteiger partial charge in [-0.2, -0.15) is 0 Å². The zero-order chi connectivity index (χ0) is 28.2. The monoisotopic (exact) mass is 612 g/mol. The number of piperidine rings is 1. The number of nitrogens with one attached hydrogen (secondary N) is 3. The molecular formula is C26H28F4N6O2Se. The van der Waals surface area contributed by atoms with Crippen molar-refractivity contribution in [3.8, 4) is 17.6 Å². The van der Waals surface area contributed by atoms with E-state index in [0.29, 0.717) is 35.8 Å². The molecule has 208 valence electrons. The molecule has 0 spiro atoms. The third-order valence-corrected chi connectivity index (χ3v) is 7.93. The number of benzene rings is 1. The van der Waals surface area contributed by atoms with Crippen LogP contribution in [0.1, 0.15) is 22.5 Å². The van der Waals surface area contributed by atoms with E-state index in [1.807, 2.05) is 11.9 Å². The van der Waals surface area contributed by atoms with Crippen LogP contribution in [0.15, 0.2) is 36.4 Å². The molecule has 39 heavy (non-hydrogen) atoms. The van der Waals surface area contributed by atoms with E-state index in [4.69, 9.17) is 4.74 Å². The summed E-state index contributed by atoms with van der Waals surface area (Å²) >= 11 is -1.89. The van der Waals surface area contributed by atoms with E-state index in [9.17, 15) is 22.4 Å². The van der Waals surface area contributed by atoms with Crippen LogP contribution in [0.5, 0.6) is 5.75 Å². The fourth-order valence-electron chi connectivity index (χ4n) is 4.25. The average Bonchev–Trinajstić information content (AvgIpc) is 3.24.